The molecule has 0 bridgehead atoms. The number of anilines is 1. The summed E-state index contributed by atoms with van der Waals surface area (Å²) >= 11 is 0. The van der Waals surface area contributed by atoms with Gasteiger partial charge in [0.05, 0.1) is 6.54 Å². The average Bonchev–Trinajstić information content (AvgIpc) is 2.46. The number of carbonyl (C=O) groups excluding carboxylic acids is 2. The van der Waals surface area contributed by atoms with E-state index in [2.05, 4.69) is 5.32 Å². The van der Waals surface area contributed by atoms with Crippen LogP contribution in [0.5, 0.6) is 0 Å². The summed E-state index contributed by atoms with van der Waals surface area (Å²) in [5.74, 6) is -0.184. The van der Waals surface area contributed by atoms with Gasteiger partial charge in [0.1, 0.15) is 0 Å². The van der Waals surface area contributed by atoms with Crippen molar-refractivity contribution in [2.75, 3.05) is 18.4 Å². The van der Waals surface area contributed by atoms with Crippen LogP contribution in [0.2, 0.25) is 0 Å². The maximum absolute atomic E-state index is 12.2. The summed E-state index contributed by atoms with van der Waals surface area (Å²) in [7, 11) is 0. The number of benzene rings is 1. The lowest BCUT2D eigenvalue weighted by Crippen LogP contribution is -2.39. The Bertz CT molecular complexity index is 506. The summed E-state index contributed by atoms with van der Waals surface area (Å²) in [6.07, 6.45) is 1.84. The van der Waals surface area contributed by atoms with Crippen LogP contribution in [-0.4, -0.2) is 35.8 Å². The Morgan fingerprint density at radius 3 is 2.52 bits per heavy atom. The molecule has 0 aliphatic heterocycles. The fourth-order valence-corrected chi connectivity index (χ4v) is 2.15. The topological polar surface area (TPSA) is 75.4 Å². The molecule has 23 heavy (non-hydrogen) atoms. The van der Waals surface area contributed by atoms with Crippen LogP contribution in [0.4, 0.5) is 5.69 Å². The molecular weight excluding hydrogens is 314 g/mol. The zero-order chi connectivity index (χ0) is 16.5. The summed E-state index contributed by atoms with van der Waals surface area (Å²) in [5.41, 5.74) is 7.47. The number of nitrogens with two attached hydrogens (primary N) is 1. The van der Waals surface area contributed by atoms with E-state index in [9.17, 15) is 9.59 Å². The van der Waals surface area contributed by atoms with E-state index in [-0.39, 0.29) is 36.8 Å². The van der Waals surface area contributed by atoms with Crippen LogP contribution in [0.1, 0.15) is 38.7 Å². The Kier molecular flexibility index (Phi) is 10.3. The summed E-state index contributed by atoms with van der Waals surface area (Å²) in [4.78, 5) is 26.0. The summed E-state index contributed by atoms with van der Waals surface area (Å²) in [5, 5.41) is 2.86. The minimum Gasteiger partial charge on any atom is -0.333 e. The van der Waals surface area contributed by atoms with Gasteiger partial charge in [-0.2, -0.15) is 0 Å². The molecular formula is C17H28ClN3O2. The van der Waals surface area contributed by atoms with E-state index in [1.54, 1.807) is 4.90 Å². The monoisotopic (exact) mass is 341 g/mol. The Morgan fingerprint density at radius 1 is 1.30 bits per heavy atom. The Balaban J connectivity index is 0.00000484. The normalized spacial score (nSPS) is 11.3. The minimum atomic E-state index is -0.170. The molecule has 3 N–H and O–H groups in total. The number of amides is 2. The molecule has 1 aromatic carbocycles. The quantitative estimate of drug-likeness (QED) is 0.763. The van der Waals surface area contributed by atoms with Crippen LogP contribution in [-0.2, 0) is 9.59 Å². The SMILES string of the molecule is CCCN(CC(=O)Nc1ccccc1C)C(=O)CCC(C)N.Cl. The van der Waals surface area contributed by atoms with Crippen molar-refractivity contribution in [3.63, 3.8) is 0 Å². The van der Waals surface area contributed by atoms with Crippen molar-refractivity contribution in [2.45, 2.75) is 46.1 Å². The highest BCUT2D eigenvalue weighted by Crippen LogP contribution is 2.13. The van der Waals surface area contributed by atoms with Gasteiger partial charge < -0.3 is 16.0 Å². The highest BCUT2D eigenvalue weighted by Gasteiger charge is 2.17. The van der Waals surface area contributed by atoms with Crippen molar-refractivity contribution >= 4 is 29.9 Å². The third-order valence-corrected chi connectivity index (χ3v) is 3.41. The Hall–Kier alpha value is -1.59. The first-order valence-corrected chi connectivity index (χ1v) is 7.82. The second-order valence-electron chi connectivity index (χ2n) is 5.69. The molecule has 2 amide bonds. The lowest BCUT2D eigenvalue weighted by atomic mass is 10.1. The fourth-order valence-electron chi connectivity index (χ4n) is 2.15. The van der Waals surface area contributed by atoms with Crippen LogP contribution in [0, 0.1) is 6.92 Å². The second-order valence-corrected chi connectivity index (χ2v) is 5.69. The first-order chi connectivity index (χ1) is 10.4. The predicted molar refractivity (Wildman–Crippen MR) is 96.8 cm³/mol. The predicted octanol–water partition coefficient (Wildman–Crippen LogP) is 2.72. The molecule has 0 spiro atoms. The molecule has 0 aromatic heterocycles. The molecule has 0 heterocycles. The fraction of sp³-hybridized carbons (Fsp3) is 0.529. The van der Waals surface area contributed by atoms with Crippen LogP contribution in [0.3, 0.4) is 0 Å². The Labute approximate surface area is 145 Å². The zero-order valence-electron chi connectivity index (χ0n) is 14.2. The largest absolute Gasteiger partial charge is 0.333 e. The van der Waals surface area contributed by atoms with Crippen molar-refractivity contribution in [3.8, 4) is 0 Å². The van der Waals surface area contributed by atoms with Gasteiger partial charge in [0.15, 0.2) is 0 Å². The number of nitrogens with zero attached hydrogens (tertiary/aromatic N) is 1. The van der Waals surface area contributed by atoms with Crippen molar-refractivity contribution in [2.24, 2.45) is 5.73 Å². The van der Waals surface area contributed by atoms with E-state index in [4.69, 9.17) is 5.73 Å². The molecule has 1 aromatic rings. The smallest absolute Gasteiger partial charge is 0.244 e. The van der Waals surface area contributed by atoms with Crippen molar-refractivity contribution < 1.29 is 9.59 Å². The van der Waals surface area contributed by atoms with E-state index < -0.39 is 0 Å². The van der Waals surface area contributed by atoms with Crippen LogP contribution in [0.25, 0.3) is 0 Å². The molecule has 0 saturated heterocycles. The van der Waals surface area contributed by atoms with Crippen molar-refractivity contribution in [1.82, 2.24) is 4.90 Å². The van der Waals surface area contributed by atoms with E-state index in [1.807, 2.05) is 45.0 Å². The van der Waals surface area contributed by atoms with E-state index in [0.717, 1.165) is 17.7 Å². The first kappa shape index (κ1) is 21.4. The number of para-hydroxylation sites is 1. The number of aryl methyl sites for hydroxylation is 1. The molecule has 1 unspecified atom stereocenters. The number of hydrogen-bond acceptors (Lipinski definition) is 3. The molecule has 6 heteroatoms. The van der Waals surface area contributed by atoms with Gasteiger partial charge in [0.2, 0.25) is 11.8 Å². The van der Waals surface area contributed by atoms with Crippen LogP contribution < -0.4 is 11.1 Å². The number of nitrogens with one attached hydrogen (secondary N) is 1. The molecule has 5 nitrogen and oxygen atoms in total. The van der Waals surface area contributed by atoms with Gasteiger partial charge in [-0.1, -0.05) is 25.1 Å². The molecule has 130 valence electrons. The van der Waals surface area contributed by atoms with Gasteiger partial charge in [-0.25, -0.2) is 0 Å². The standard InChI is InChI=1S/C17H27N3O2.ClH/c1-4-11-20(17(22)10-9-14(3)18)12-16(21)19-15-8-6-5-7-13(15)2;/h5-8,14H,4,9-12,18H2,1-3H3,(H,19,21);1H. The molecule has 0 fully saturated rings. The third kappa shape index (κ3) is 8.00. The van der Waals surface area contributed by atoms with Gasteiger partial charge in [-0.05, 0) is 38.3 Å². The van der Waals surface area contributed by atoms with E-state index in [0.29, 0.717) is 19.4 Å². The summed E-state index contributed by atoms with van der Waals surface area (Å²) in [6.45, 7) is 6.47. The Morgan fingerprint density at radius 2 is 1.96 bits per heavy atom. The lowest BCUT2D eigenvalue weighted by Gasteiger charge is -2.22. The van der Waals surface area contributed by atoms with Crippen LogP contribution >= 0.6 is 12.4 Å². The van der Waals surface area contributed by atoms with Gasteiger partial charge >= 0.3 is 0 Å². The minimum absolute atomic E-state index is 0. The summed E-state index contributed by atoms with van der Waals surface area (Å²) in [6, 6.07) is 7.59. The van der Waals surface area contributed by atoms with E-state index in [1.165, 1.54) is 0 Å². The van der Waals surface area contributed by atoms with Crippen molar-refractivity contribution in [1.29, 1.82) is 0 Å². The molecule has 0 aliphatic carbocycles. The summed E-state index contributed by atoms with van der Waals surface area (Å²) < 4.78 is 0. The molecule has 0 radical (unpaired) electrons. The van der Waals surface area contributed by atoms with Crippen LogP contribution in [0.15, 0.2) is 24.3 Å². The van der Waals surface area contributed by atoms with Crippen molar-refractivity contribution in [3.05, 3.63) is 29.8 Å². The highest BCUT2D eigenvalue weighted by atomic mass is 35.5. The van der Waals surface area contributed by atoms with Gasteiger partial charge in [-0.3, -0.25) is 9.59 Å². The van der Waals surface area contributed by atoms with Gasteiger partial charge in [0.25, 0.3) is 0 Å². The third-order valence-electron chi connectivity index (χ3n) is 3.41. The lowest BCUT2D eigenvalue weighted by molar-refractivity contribution is -0.134. The number of halogens is 1. The number of rotatable bonds is 8. The molecule has 0 saturated carbocycles. The van der Waals surface area contributed by atoms with Gasteiger partial charge in [-0.15, -0.1) is 12.4 Å². The van der Waals surface area contributed by atoms with E-state index >= 15 is 0 Å². The number of hydrogen-bond donors (Lipinski definition) is 2. The first-order valence-electron chi connectivity index (χ1n) is 7.82. The molecule has 1 rings (SSSR count). The average molecular weight is 342 g/mol. The zero-order valence-corrected chi connectivity index (χ0v) is 15.0. The molecule has 1 atom stereocenters. The van der Waals surface area contributed by atoms with Gasteiger partial charge in [0, 0.05) is 24.7 Å². The maximum atomic E-state index is 12.2. The maximum Gasteiger partial charge on any atom is 0.244 e. The highest BCUT2D eigenvalue weighted by molar-refractivity contribution is 5.95. The molecule has 0 aliphatic rings. The number of carbonyl (C=O) groups is 2. The second kappa shape index (κ2) is 11.0.